The first kappa shape index (κ1) is 14.5. The fraction of sp³-hybridized carbons (Fsp3) is 0.154. The summed E-state index contributed by atoms with van der Waals surface area (Å²) in [4.78, 5) is 23.4. The maximum atomic E-state index is 13.5. The molecule has 0 saturated heterocycles. The van der Waals surface area contributed by atoms with Crippen LogP contribution >= 0.6 is 0 Å². The molecule has 2 aromatic rings. The van der Waals surface area contributed by atoms with Crippen molar-refractivity contribution in [1.29, 1.82) is 0 Å². The van der Waals surface area contributed by atoms with E-state index in [9.17, 15) is 14.0 Å². The highest BCUT2D eigenvalue weighted by molar-refractivity contribution is 6.06. The molecule has 0 aliphatic carbocycles. The zero-order valence-corrected chi connectivity index (χ0v) is 11.4. The molecule has 1 amide bonds. The topological polar surface area (TPSA) is 99.2 Å². The number of aromatic nitrogens is 2. The Kier molecular flexibility index (Phi) is 3.88. The summed E-state index contributed by atoms with van der Waals surface area (Å²) in [6.45, 7) is 0. The molecule has 0 bridgehead atoms. The second-order valence-corrected chi connectivity index (χ2v) is 4.25. The third-order valence-electron chi connectivity index (χ3n) is 2.70. The van der Waals surface area contributed by atoms with Crippen molar-refractivity contribution >= 4 is 23.3 Å². The Hall–Kier alpha value is -2.90. The molecule has 110 valence electrons. The molecule has 7 nitrogen and oxygen atoms in total. The summed E-state index contributed by atoms with van der Waals surface area (Å²) in [7, 11) is 2.77. The smallest absolute Gasteiger partial charge is 0.340 e. The molecule has 1 aromatic carbocycles. The molecule has 21 heavy (non-hydrogen) atoms. The Bertz CT molecular complexity index is 711. The van der Waals surface area contributed by atoms with E-state index in [1.807, 2.05) is 0 Å². The monoisotopic (exact) mass is 292 g/mol. The number of anilines is 2. The first-order valence-corrected chi connectivity index (χ1v) is 5.90. The maximum absolute atomic E-state index is 13.5. The number of carbonyl (C=O) groups excluding carboxylic acids is 2. The average molecular weight is 292 g/mol. The van der Waals surface area contributed by atoms with Gasteiger partial charge in [-0.05, 0) is 18.2 Å². The molecule has 0 atom stereocenters. The van der Waals surface area contributed by atoms with Gasteiger partial charge in [-0.15, -0.1) is 0 Å². The third kappa shape index (κ3) is 2.99. The van der Waals surface area contributed by atoms with Crippen LogP contribution in [0.4, 0.5) is 15.8 Å². The average Bonchev–Trinajstić information content (AvgIpc) is 2.79. The Labute approximate surface area is 119 Å². The number of hydrogen-bond donors (Lipinski definition) is 2. The highest BCUT2D eigenvalue weighted by Crippen LogP contribution is 2.17. The van der Waals surface area contributed by atoms with Gasteiger partial charge < -0.3 is 15.8 Å². The summed E-state index contributed by atoms with van der Waals surface area (Å²) in [5.41, 5.74) is 5.85. The lowest BCUT2D eigenvalue weighted by Gasteiger charge is -2.06. The lowest BCUT2D eigenvalue weighted by Crippen LogP contribution is -2.15. The number of nitrogens with one attached hydrogen (secondary N) is 1. The number of halogens is 1. The van der Waals surface area contributed by atoms with Gasteiger partial charge in [0.05, 0.1) is 18.4 Å². The minimum absolute atomic E-state index is 0.0430. The van der Waals surface area contributed by atoms with Gasteiger partial charge in [-0.3, -0.25) is 9.48 Å². The Balaban J connectivity index is 2.26. The quantitative estimate of drug-likeness (QED) is 0.828. The van der Waals surface area contributed by atoms with Gasteiger partial charge in [-0.25, -0.2) is 9.18 Å². The summed E-state index contributed by atoms with van der Waals surface area (Å²) in [5.74, 6) is -2.13. The molecule has 0 unspecified atom stereocenters. The summed E-state index contributed by atoms with van der Waals surface area (Å²) < 4.78 is 19.3. The van der Waals surface area contributed by atoms with Crippen molar-refractivity contribution in [3.8, 4) is 0 Å². The fourth-order valence-electron chi connectivity index (χ4n) is 1.74. The number of esters is 1. The number of ether oxygens (including phenoxy) is 1. The summed E-state index contributed by atoms with van der Waals surface area (Å²) in [6, 6.07) is 3.56. The van der Waals surface area contributed by atoms with Crippen molar-refractivity contribution in [1.82, 2.24) is 9.78 Å². The van der Waals surface area contributed by atoms with Crippen molar-refractivity contribution in [2.24, 2.45) is 7.05 Å². The lowest BCUT2D eigenvalue weighted by molar-refractivity contribution is 0.0595. The van der Waals surface area contributed by atoms with Crippen LogP contribution in [0.1, 0.15) is 20.8 Å². The van der Waals surface area contributed by atoms with Gasteiger partial charge >= 0.3 is 5.97 Å². The normalized spacial score (nSPS) is 10.2. The molecule has 2 rings (SSSR count). The Morgan fingerprint density at radius 2 is 2.14 bits per heavy atom. The van der Waals surface area contributed by atoms with E-state index in [-0.39, 0.29) is 22.6 Å². The molecule has 0 aliphatic heterocycles. The molecule has 8 heteroatoms. The molecule has 0 spiro atoms. The molecule has 1 heterocycles. The minimum Gasteiger partial charge on any atom is -0.465 e. The van der Waals surface area contributed by atoms with Crippen LogP contribution in [0, 0.1) is 5.82 Å². The van der Waals surface area contributed by atoms with E-state index in [1.165, 1.54) is 23.0 Å². The van der Waals surface area contributed by atoms with Crippen LogP contribution in [0.15, 0.2) is 24.4 Å². The molecule has 0 aliphatic rings. The number of nitrogen functional groups attached to an aromatic ring is 1. The third-order valence-corrected chi connectivity index (χ3v) is 2.70. The van der Waals surface area contributed by atoms with Gasteiger partial charge in [0, 0.05) is 18.9 Å². The van der Waals surface area contributed by atoms with Crippen molar-refractivity contribution in [2.45, 2.75) is 0 Å². The van der Waals surface area contributed by atoms with Crippen LogP contribution < -0.4 is 11.1 Å². The molecule has 0 fully saturated rings. The zero-order valence-electron chi connectivity index (χ0n) is 11.4. The Morgan fingerprint density at radius 3 is 2.71 bits per heavy atom. The largest absolute Gasteiger partial charge is 0.465 e. The van der Waals surface area contributed by atoms with Crippen LogP contribution in [0.3, 0.4) is 0 Å². The second kappa shape index (κ2) is 5.61. The number of benzene rings is 1. The SMILES string of the molecule is COC(=O)c1cc(NC(=O)c2nn(C)cc2N)ccc1F. The van der Waals surface area contributed by atoms with Crippen molar-refractivity contribution in [2.75, 3.05) is 18.2 Å². The number of amides is 1. The van der Waals surface area contributed by atoms with E-state index < -0.39 is 17.7 Å². The molecule has 0 saturated carbocycles. The molecule has 3 N–H and O–H groups in total. The fourth-order valence-corrected chi connectivity index (χ4v) is 1.74. The number of nitrogens with two attached hydrogens (primary N) is 1. The van der Waals surface area contributed by atoms with Crippen LogP contribution in [0.25, 0.3) is 0 Å². The maximum Gasteiger partial charge on any atom is 0.340 e. The second-order valence-electron chi connectivity index (χ2n) is 4.25. The van der Waals surface area contributed by atoms with E-state index in [0.717, 1.165) is 13.2 Å². The van der Waals surface area contributed by atoms with E-state index in [2.05, 4.69) is 15.2 Å². The summed E-state index contributed by atoms with van der Waals surface area (Å²) >= 11 is 0. The van der Waals surface area contributed by atoms with Gasteiger partial charge in [0.25, 0.3) is 5.91 Å². The Morgan fingerprint density at radius 1 is 1.43 bits per heavy atom. The van der Waals surface area contributed by atoms with Crippen LogP contribution in [-0.4, -0.2) is 28.8 Å². The molecule has 1 aromatic heterocycles. The van der Waals surface area contributed by atoms with Crippen molar-refractivity contribution in [3.05, 3.63) is 41.5 Å². The van der Waals surface area contributed by atoms with Gasteiger partial charge in [0.2, 0.25) is 0 Å². The minimum atomic E-state index is -0.832. The molecular formula is C13H13FN4O3. The van der Waals surface area contributed by atoms with E-state index in [1.54, 1.807) is 7.05 Å². The number of rotatable bonds is 3. The first-order chi connectivity index (χ1) is 9.92. The summed E-state index contributed by atoms with van der Waals surface area (Å²) in [6.07, 6.45) is 1.49. The highest BCUT2D eigenvalue weighted by atomic mass is 19.1. The van der Waals surface area contributed by atoms with E-state index in [4.69, 9.17) is 5.73 Å². The van der Waals surface area contributed by atoms with Gasteiger partial charge in [0.1, 0.15) is 5.82 Å². The highest BCUT2D eigenvalue weighted by Gasteiger charge is 2.17. The number of methoxy groups -OCH3 is 1. The lowest BCUT2D eigenvalue weighted by atomic mass is 10.2. The molecule has 0 radical (unpaired) electrons. The van der Waals surface area contributed by atoms with E-state index >= 15 is 0 Å². The standard InChI is InChI=1S/C13H13FN4O3/c1-18-6-10(15)11(17-18)12(19)16-7-3-4-9(14)8(5-7)13(20)21-2/h3-6H,15H2,1-2H3,(H,16,19). The van der Waals surface area contributed by atoms with Crippen molar-refractivity contribution < 1.29 is 18.7 Å². The van der Waals surface area contributed by atoms with Crippen molar-refractivity contribution in [3.63, 3.8) is 0 Å². The van der Waals surface area contributed by atoms with Crippen LogP contribution in [0.5, 0.6) is 0 Å². The van der Waals surface area contributed by atoms with E-state index in [0.29, 0.717) is 0 Å². The predicted octanol–water partition coefficient (Wildman–Crippen LogP) is 1.18. The van der Waals surface area contributed by atoms with Crippen LogP contribution in [-0.2, 0) is 11.8 Å². The summed E-state index contributed by atoms with van der Waals surface area (Å²) in [5, 5.41) is 6.40. The zero-order chi connectivity index (χ0) is 15.6. The van der Waals surface area contributed by atoms with Gasteiger partial charge in [-0.2, -0.15) is 5.10 Å². The number of nitrogens with zero attached hydrogens (tertiary/aromatic N) is 2. The molecular weight excluding hydrogens is 279 g/mol. The number of carbonyl (C=O) groups is 2. The van der Waals surface area contributed by atoms with Gasteiger partial charge in [-0.1, -0.05) is 0 Å². The number of aryl methyl sites for hydroxylation is 1. The predicted molar refractivity (Wildman–Crippen MR) is 73.3 cm³/mol. The van der Waals surface area contributed by atoms with Gasteiger partial charge in [0.15, 0.2) is 5.69 Å². The number of hydrogen-bond acceptors (Lipinski definition) is 5. The first-order valence-electron chi connectivity index (χ1n) is 5.90. The van der Waals surface area contributed by atoms with Crippen LogP contribution in [0.2, 0.25) is 0 Å².